The quantitative estimate of drug-likeness (QED) is 0.637. The van der Waals surface area contributed by atoms with Crippen LogP contribution >= 0.6 is 0 Å². The van der Waals surface area contributed by atoms with E-state index in [0.29, 0.717) is 12.2 Å². The Morgan fingerprint density at radius 3 is 2.69 bits per heavy atom. The summed E-state index contributed by atoms with van der Waals surface area (Å²) in [5.41, 5.74) is 2.97. The molecule has 0 aromatic carbocycles. The molecule has 0 radical (unpaired) electrons. The number of ketones is 1. The molecule has 2 aliphatic rings. The summed E-state index contributed by atoms with van der Waals surface area (Å²) in [4.78, 5) is 12.1. The molecule has 0 aromatic rings. The van der Waals surface area contributed by atoms with Gasteiger partial charge < -0.3 is 4.74 Å². The molecule has 0 amide bonds. The van der Waals surface area contributed by atoms with E-state index in [-0.39, 0.29) is 17.4 Å². The number of allylic oxidation sites excluding steroid dienone is 1. The van der Waals surface area contributed by atoms with Gasteiger partial charge in [0.05, 0.1) is 6.10 Å². The Kier molecular flexibility index (Phi) is 2.95. The van der Waals surface area contributed by atoms with E-state index in [9.17, 15) is 4.79 Å². The van der Waals surface area contributed by atoms with E-state index in [1.54, 1.807) is 7.11 Å². The van der Waals surface area contributed by atoms with Crippen LogP contribution in [0.4, 0.5) is 0 Å². The Hall–Kier alpha value is -0.630. The van der Waals surface area contributed by atoms with Gasteiger partial charge in [-0.2, -0.15) is 0 Å². The smallest absolute Gasteiger partial charge is 0.136 e. The minimum Gasteiger partial charge on any atom is -0.377 e. The number of rotatable bonds is 1. The van der Waals surface area contributed by atoms with Crippen LogP contribution in [0.1, 0.15) is 46.5 Å². The molecule has 2 nitrogen and oxygen atoms in total. The van der Waals surface area contributed by atoms with Crippen LogP contribution in [0.3, 0.4) is 0 Å². The Labute approximate surface area is 98.1 Å². The first-order valence-corrected chi connectivity index (χ1v) is 6.26. The van der Waals surface area contributed by atoms with Crippen molar-refractivity contribution in [1.82, 2.24) is 0 Å². The number of fused-ring (bicyclic) bond motifs is 1. The average molecular weight is 222 g/mol. The number of methoxy groups -OCH3 is 1. The number of carbonyl (C=O) groups excluding carboxylic acids is 1. The molecule has 0 fully saturated rings. The second-order valence-electron chi connectivity index (χ2n) is 5.52. The molecule has 90 valence electrons. The summed E-state index contributed by atoms with van der Waals surface area (Å²) in [5.74, 6) is 0.577. The van der Waals surface area contributed by atoms with Crippen molar-refractivity contribution < 1.29 is 9.53 Å². The summed E-state index contributed by atoms with van der Waals surface area (Å²) in [6.45, 7) is 6.54. The molecule has 2 rings (SSSR count). The van der Waals surface area contributed by atoms with Crippen molar-refractivity contribution in [3.8, 4) is 0 Å². The lowest BCUT2D eigenvalue weighted by molar-refractivity contribution is -0.125. The number of carbonyl (C=O) groups is 1. The van der Waals surface area contributed by atoms with E-state index in [1.807, 2.05) is 0 Å². The number of Topliss-reactive ketones (excluding diaryl/α,β-unsaturated/α-hetero) is 1. The third kappa shape index (κ3) is 1.55. The van der Waals surface area contributed by atoms with Gasteiger partial charge in [0.2, 0.25) is 0 Å². The van der Waals surface area contributed by atoms with Crippen LogP contribution in [0, 0.1) is 11.3 Å². The summed E-state index contributed by atoms with van der Waals surface area (Å²) < 4.78 is 5.55. The molecule has 0 spiro atoms. The molecule has 3 atom stereocenters. The summed E-state index contributed by atoms with van der Waals surface area (Å²) in [6.07, 6.45) is 3.94. The predicted octanol–water partition coefficient (Wildman–Crippen LogP) is 3.12. The second-order valence-corrected chi connectivity index (χ2v) is 5.52. The Morgan fingerprint density at radius 1 is 1.38 bits per heavy atom. The largest absolute Gasteiger partial charge is 0.377 e. The van der Waals surface area contributed by atoms with Crippen LogP contribution in [0.15, 0.2) is 11.1 Å². The van der Waals surface area contributed by atoms with E-state index in [4.69, 9.17) is 4.74 Å². The van der Waals surface area contributed by atoms with Gasteiger partial charge in [-0.3, -0.25) is 4.79 Å². The Balaban J connectivity index is 2.44. The minimum atomic E-state index is 0.0869. The molecule has 2 heteroatoms. The summed E-state index contributed by atoms with van der Waals surface area (Å²) in [5, 5.41) is 0. The van der Waals surface area contributed by atoms with Gasteiger partial charge in [0.15, 0.2) is 0 Å². The van der Waals surface area contributed by atoms with Crippen molar-refractivity contribution >= 4 is 5.78 Å². The zero-order valence-electron chi connectivity index (χ0n) is 10.8. The first-order chi connectivity index (χ1) is 7.50. The summed E-state index contributed by atoms with van der Waals surface area (Å²) >= 11 is 0. The van der Waals surface area contributed by atoms with Crippen molar-refractivity contribution in [2.45, 2.75) is 52.6 Å². The van der Waals surface area contributed by atoms with Crippen molar-refractivity contribution in [2.75, 3.05) is 7.11 Å². The maximum atomic E-state index is 12.1. The van der Waals surface area contributed by atoms with E-state index in [0.717, 1.165) is 19.3 Å². The Bertz CT molecular complexity index is 343. The van der Waals surface area contributed by atoms with Crippen molar-refractivity contribution in [3.63, 3.8) is 0 Å². The summed E-state index contributed by atoms with van der Waals surface area (Å²) in [6, 6.07) is 0. The van der Waals surface area contributed by atoms with Gasteiger partial charge in [0.25, 0.3) is 0 Å². The first kappa shape index (κ1) is 11.8. The van der Waals surface area contributed by atoms with Crippen molar-refractivity contribution in [1.29, 1.82) is 0 Å². The highest BCUT2D eigenvalue weighted by Crippen LogP contribution is 2.51. The highest BCUT2D eigenvalue weighted by atomic mass is 16.5. The molecule has 16 heavy (non-hydrogen) atoms. The standard InChI is InChI=1S/C14H22O2/c1-9-11-7-8-14(9,3)10(2)12(15)5-6-13(11)16-4/h10,13H,5-8H2,1-4H3/t10-,13-,14+/m0/s1. The SMILES string of the molecule is CO[C@H]1CCC(=O)[C@H](C)[C@]2(C)CCC1=C2C. The fraction of sp³-hybridized carbons (Fsp3) is 0.786. The predicted molar refractivity (Wildman–Crippen MR) is 64.2 cm³/mol. The molecule has 0 saturated carbocycles. The zero-order valence-corrected chi connectivity index (χ0v) is 10.8. The monoisotopic (exact) mass is 222 g/mol. The molecule has 0 aliphatic heterocycles. The van der Waals surface area contributed by atoms with Gasteiger partial charge in [0.1, 0.15) is 5.78 Å². The fourth-order valence-corrected chi connectivity index (χ4v) is 3.36. The van der Waals surface area contributed by atoms with E-state index >= 15 is 0 Å². The molecule has 0 N–H and O–H groups in total. The van der Waals surface area contributed by atoms with Gasteiger partial charge >= 0.3 is 0 Å². The summed E-state index contributed by atoms with van der Waals surface area (Å²) in [7, 11) is 1.76. The second kappa shape index (κ2) is 3.99. The Morgan fingerprint density at radius 2 is 2.06 bits per heavy atom. The van der Waals surface area contributed by atoms with Crippen LogP contribution < -0.4 is 0 Å². The molecule has 2 bridgehead atoms. The van der Waals surface area contributed by atoms with E-state index in [1.165, 1.54) is 11.1 Å². The minimum absolute atomic E-state index is 0.0869. The van der Waals surface area contributed by atoms with Crippen LogP contribution in [-0.4, -0.2) is 19.0 Å². The lowest BCUT2D eigenvalue weighted by Gasteiger charge is -2.34. The first-order valence-electron chi connectivity index (χ1n) is 6.26. The van der Waals surface area contributed by atoms with Crippen molar-refractivity contribution in [3.05, 3.63) is 11.1 Å². The third-order valence-corrected chi connectivity index (χ3v) is 5.02. The molecule has 2 aliphatic carbocycles. The maximum absolute atomic E-state index is 12.1. The third-order valence-electron chi connectivity index (χ3n) is 5.02. The average Bonchev–Trinajstić information content (AvgIpc) is 2.59. The van der Waals surface area contributed by atoms with E-state index in [2.05, 4.69) is 20.8 Å². The molecule has 0 unspecified atom stereocenters. The topological polar surface area (TPSA) is 26.3 Å². The van der Waals surface area contributed by atoms with Gasteiger partial charge in [-0.15, -0.1) is 0 Å². The molecular weight excluding hydrogens is 200 g/mol. The van der Waals surface area contributed by atoms with Gasteiger partial charge in [-0.05, 0) is 37.2 Å². The van der Waals surface area contributed by atoms with Crippen LogP contribution in [0.2, 0.25) is 0 Å². The molecule has 0 aromatic heterocycles. The molecular formula is C14H22O2. The highest BCUT2D eigenvalue weighted by Gasteiger charge is 2.44. The maximum Gasteiger partial charge on any atom is 0.136 e. The van der Waals surface area contributed by atoms with E-state index < -0.39 is 0 Å². The lowest BCUT2D eigenvalue weighted by Crippen LogP contribution is -2.33. The number of ether oxygens (including phenoxy) is 1. The van der Waals surface area contributed by atoms with Gasteiger partial charge in [0, 0.05) is 19.4 Å². The fourth-order valence-electron chi connectivity index (χ4n) is 3.36. The number of hydrogen-bond donors (Lipinski definition) is 0. The van der Waals surface area contributed by atoms with Crippen LogP contribution in [-0.2, 0) is 9.53 Å². The van der Waals surface area contributed by atoms with Gasteiger partial charge in [-0.1, -0.05) is 19.4 Å². The molecule has 0 heterocycles. The normalized spacial score (nSPS) is 39.9. The van der Waals surface area contributed by atoms with Crippen LogP contribution in [0.5, 0.6) is 0 Å². The number of hydrogen-bond acceptors (Lipinski definition) is 2. The van der Waals surface area contributed by atoms with Crippen LogP contribution in [0.25, 0.3) is 0 Å². The highest BCUT2D eigenvalue weighted by molar-refractivity contribution is 5.82. The lowest BCUT2D eigenvalue weighted by atomic mass is 9.69. The zero-order chi connectivity index (χ0) is 11.9. The van der Waals surface area contributed by atoms with Crippen molar-refractivity contribution in [2.24, 2.45) is 11.3 Å². The molecule has 0 saturated heterocycles. The van der Waals surface area contributed by atoms with Gasteiger partial charge in [-0.25, -0.2) is 0 Å².